The average molecular weight is 330 g/mol. The topological polar surface area (TPSA) is 93.4 Å². The third-order valence-corrected chi connectivity index (χ3v) is 4.23. The summed E-state index contributed by atoms with van der Waals surface area (Å²) in [7, 11) is 0. The van der Waals surface area contributed by atoms with E-state index in [1.165, 1.54) is 0 Å². The van der Waals surface area contributed by atoms with E-state index in [4.69, 9.17) is 10.7 Å². The number of aromatic amines is 1. The Morgan fingerprint density at radius 2 is 1.76 bits per heavy atom. The lowest BCUT2D eigenvalue weighted by atomic mass is 10.1. The highest BCUT2D eigenvalue weighted by atomic mass is 15.1. The monoisotopic (exact) mass is 330 g/mol. The third kappa shape index (κ3) is 2.82. The molecule has 3 aromatic heterocycles. The Morgan fingerprint density at radius 3 is 2.48 bits per heavy atom. The molecule has 124 valence electrons. The normalized spacial score (nSPS) is 11.1. The number of nitrogen functional groups attached to an aromatic ring is 1. The van der Waals surface area contributed by atoms with Crippen LogP contribution in [0.1, 0.15) is 22.6 Å². The lowest BCUT2D eigenvalue weighted by Crippen LogP contribution is -2.03. The lowest BCUT2D eigenvalue weighted by molar-refractivity contribution is 1.02. The molecule has 6 nitrogen and oxygen atoms in total. The van der Waals surface area contributed by atoms with Gasteiger partial charge in [0.25, 0.3) is 0 Å². The largest absolute Gasteiger partial charge is 0.368 e. The molecule has 3 N–H and O–H groups in total. The first-order valence-electron chi connectivity index (χ1n) is 8.11. The Bertz CT molecular complexity index is 1030. The molecule has 6 heteroatoms. The molecule has 0 aliphatic heterocycles. The van der Waals surface area contributed by atoms with E-state index in [0.717, 1.165) is 44.9 Å². The van der Waals surface area contributed by atoms with Crippen LogP contribution < -0.4 is 5.73 Å². The first-order valence-corrected chi connectivity index (χ1v) is 8.11. The summed E-state index contributed by atoms with van der Waals surface area (Å²) in [6, 6.07) is 14.0. The summed E-state index contributed by atoms with van der Waals surface area (Å²) in [6.07, 6.45) is 0.657. The Hall–Kier alpha value is -3.28. The van der Waals surface area contributed by atoms with Crippen molar-refractivity contribution in [3.8, 4) is 11.3 Å². The highest BCUT2D eigenvalue weighted by Crippen LogP contribution is 2.27. The average Bonchev–Trinajstić information content (AvgIpc) is 2.94. The van der Waals surface area contributed by atoms with Gasteiger partial charge in [-0.25, -0.2) is 15.0 Å². The van der Waals surface area contributed by atoms with Gasteiger partial charge in [0, 0.05) is 17.7 Å². The molecule has 0 spiro atoms. The van der Waals surface area contributed by atoms with Crippen LogP contribution in [0, 0.1) is 13.8 Å². The van der Waals surface area contributed by atoms with Gasteiger partial charge in [-0.2, -0.15) is 5.10 Å². The minimum absolute atomic E-state index is 0.267. The lowest BCUT2D eigenvalue weighted by Gasteiger charge is -2.08. The highest BCUT2D eigenvalue weighted by Gasteiger charge is 2.14. The summed E-state index contributed by atoms with van der Waals surface area (Å²) < 4.78 is 0. The SMILES string of the molecule is Cc1n[nH]c(C)c1-c1ccc2nc(N)nc(Cc3ccccc3)c2n1. The number of benzene rings is 1. The second-order valence-electron chi connectivity index (χ2n) is 6.06. The van der Waals surface area contributed by atoms with Crippen molar-refractivity contribution in [2.75, 3.05) is 5.73 Å². The molecule has 0 saturated heterocycles. The van der Waals surface area contributed by atoms with E-state index >= 15 is 0 Å². The van der Waals surface area contributed by atoms with E-state index < -0.39 is 0 Å². The number of aromatic nitrogens is 5. The number of H-pyrrole nitrogens is 1. The van der Waals surface area contributed by atoms with Gasteiger partial charge >= 0.3 is 0 Å². The predicted molar refractivity (Wildman–Crippen MR) is 98.0 cm³/mol. The zero-order valence-corrected chi connectivity index (χ0v) is 14.1. The number of nitrogens with zero attached hydrogens (tertiary/aromatic N) is 4. The van der Waals surface area contributed by atoms with Gasteiger partial charge in [-0.3, -0.25) is 5.10 Å². The van der Waals surface area contributed by atoms with Gasteiger partial charge in [0.1, 0.15) is 5.52 Å². The van der Waals surface area contributed by atoms with E-state index in [1.807, 2.05) is 44.2 Å². The second kappa shape index (κ2) is 5.98. The van der Waals surface area contributed by atoms with Crippen LogP contribution in [0.5, 0.6) is 0 Å². The minimum Gasteiger partial charge on any atom is -0.368 e. The van der Waals surface area contributed by atoms with Gasteiger partial charge in [0.05, 0.1) is 22.6 Å². The van der Waals surface area contributed by atoms with Crippen molar-refractivity contribution in [2.45, 2.75) is 20.3 Å². The summed E-state index contributed by atoms with van der Waals surface area (Å²) in [6.45, 7) is 3.96. The van der Waals surface area contributed by atoms with Crippen molar-refractivity contribution in [3.05, 3.63) is 65.1 Å². The Morgan fingerprint density at radius 1 is 0.960 bits per heavy atom. The van der Waals surface area contributed by atoms with Crippen LogP contribution in [0.15, 0.2) is 42.5 Å². The minimum atomic E-state index is 0.267. The number of nitrogens with one attached hydrogen (secondary N) is 1. The Labute approximate surface area is 145 Å². The summed E-state index contributed by atoms with van der Waals surface area (Å²) in [5.41, 5.74) is 13.2. The van der Waals surface area contributed by atoms with Crippen LogP contribution in [-0.4, -0.2) is 25.1 Å². The molecule has 0 saturated carbocycles. The van der Waals surface area contributed by atoms with Crippen LogP contribution in [0.25, 0.3) is 22.3 Å². The molecule has 0 bridgehead atoms. The smallest absolute Gasteiger partial charge is 0.220 e. The summed E-state index contributed by atoms with van der Waals surface area (Å²) in [4.78, 5) is 13.6. The van der Waals surface area contributed by atoms with Crippen molar-refractivity contribution in [3.63, 3.8) is 0 Å². The standard InChI is InChI=1S/C19H18N6/c1-11-17(12(2)25-24-11)14-8-9-15-18(21-14)16(23-19(20)22-15)10-13-6-4-3-5-7-13/h3-9H,10H2,1-2H3,(H,24,25)(H2,20,22,23). The van der Waals surface area contributed by atoms with Crippen molar-refractivity contribution in [1.29, 1.82) is 0 Å². The first kappa shape index (κ1) is 15.3. The summed E-state index contributed by atoms with van der Waals surface area (Å²) >= 11 is 0. The van der Waals surface area contributed by atoms with Crippen molar-refractivity contribution in [2.24, 2.45) is 0 Å². The fourth-order valence-corrected chi connectivity index (χ4v) is 3.07. The number of nitrogens with two attached hydrogens (primary N) is 1. The highest BCUT2D eigenvalue weighted by molar-refractivity contribution is 5.81. The molecule has 25 heavy (non-hydrogen) atoms. The molecule has 0 fully saturated rings. The van der Waals surface area contributed by atoms with Crippen LogP contribution in [0.3, 0.4) is 0 Å². The molecule has 0 radical (unpaired) electrons. The summed E-state index contributed by atoms with van der Waals surface area (Å²) in [5.74, 6) is 0.267. The van der Waals surface area contributed by atoms with Gasteiger partial charge in [-0.15, -0.1) is 0 Å². The van der Waals surface area contributed by atoms with E-state index in [2.05, 4.69) is 32.3 Å². The van der Waals surface area contributed by atoms with E-state index in [1.54, 1.807) is 0 Å². The van der Waals surface area contributed by atoms with Crippen molar-refractivity contribution >= 4 is 17.0 Å². The molecule has 0 aliphatic carbocycles. The zero-order valence-electron chi connectivity index (χ0n) is 14.1. The van der Waals surface area contributed by atoms with Gasteiger partial charge in [-0.05, 0) is 31.5 Å². The third-order valence-electron chi connectivity index (χ3n) is 4.23. The van der Waals surface area contributed by atoms with E-state index in [0.29, 0.717) is 6.42 Å². The molecule has 4 rings (SSSR count). The van der Waals surface area contributed by atoms with Crippen LogP contribution >= 0.6 is 0 Å². The molecule has 0 atom stereocenters. The first-order chi connectivity index (χ1) is 12.1. The van der Waals surface area contributed by atoms with Gasteiger partial charge in [0.2, 0.25) is 5.95 Å². The number of aryl methyl sites for hydroxylation is 2. The molecular formula is C19H18N6. The Balaban J connectivity index is 1.88. The maximum absolute atomic E-state index is 5.89. The van der Waals surface area contributed by atoms with Crippen molar-refractivity contribution in [1.82, 2.24) is 25.1 Å². The Kier molecular flexibility index (Phi) is 3.65. The number of fused-ring (bicyclic) bond motifs is 1. The maximum atomic E-state index is 5.89. The van der Waals surface area contributed by atoms with Crippen LogP contribution in [-0.2, 0) is 6.42 Å². The molecule has 0 aliphatic rings. The van der Waals surface area contributed by atoms with E-state index in [9.17, 15) is 0 Å². The van der Waals surface area contributed by atoms with Gasteiger partial charge in [0.15, 0.2) is 0 Å². The number of pyridine rings is 1. The maximum Gasteiger partial charge on any atom is 0.220 e. The molecule has 1 aromatic carbocycles. The van der Waals surface area contributed by atoms with Crippen molar-refractivity contribution < 1.29 is 0 Å². The summed E-state index contributed by atoms with van der Waals surface area (Å²) in [5, 5.41) is 7.27. The quantitative estimate of drug-likeness (QED) is 0.601. The number of hydrogen-bond acceptors (Lipinski definition) is 5. The molecule has 0 unspecified atom stereocenters. The molecule has 4 aromatic rings. The van der Waals surface area contributed by atoms with Gasteiger partial charge in [-0.1, -0.05) is 30.3 Å². The predicted octanol–water partition coefficient (Wildman–Crippen LogP) is 3.20. The molecule has 3 heterocycles. The number of rotatable bonds is 3. The molecular weight excluding hydrogens is 312 g/mol. The van der Waals surface area contributed by atoms with Gasteiger partial charge < -0.3 is 5.73 Å². The van der Waals surface area contributed by atoms with Crippen LogP contribution in [0.2, 0.25) is 0 Å². The number of anilines is 1. The molecule has 0 amide bonds. The fourth-order valence-electron chi connectivity index (χ4n) is 3.07. The van der Waals surface area contributed by atoms with Crippen LogP contribution in [0.4, 0.5) is 5.95 Å². The second-order valence-corrected chi connectivity index (χ2v) is 6.06. The zero-order chi connectivity index (χ0) is 17.4. The fraction of sp³-hybridized carbons (Fsp3) is 0.158. The number of hydrogen-bond donors (Lipinski definition) is 2. The van der Waals surface area contributed by atoms with E-state index in [-0.39, 0.29) is 5.95 Å².